The first-order valence-corrected chi connectivity index (χ1v) is 6.01. The maximum absolute atomic E-state index is 13.8. The van der Waals surface area contributed by atoms with Gasteiger partial charge in [0.2, 0.25) is 0 Å². The largest absolute Gasteiger partial charge is 0.395 e. The number of likely N-dealkylation sites (N-methyl/N-ethyl adjacent to an activating group) is 1. The van der Waals surface area contributed by atoms with Crippen LogP contribution in [0.2, 0.25) is 0 Å². The Bertz CT molecular complexity index is 429. The Balaban J connectivity index is 3.14. The van der Waals surface area contributed by atoms with Crippen LogP contribution in [0, 0.1) is 11.6 Å². The van der Waals surface area contributed by atoms with Gasteiger partial charge >= 0.3 is 0 Å². The lowest BCUT2D eigenvalue weighted by atomic mass is 10.0. The molecule has 100 valence electrons. The van der Waals surface area contributed by atoms with Crippen molar-refractivity contribution >= 4 is 17.2 Å². The van der Waals surface area contributed by atoms with Gasteiger partial charge in [0.15, 0.2) is 0 Å². The first-order chi connectivity index (χ1) is 8.51. The second-order valence-corrected chi connectivity index (χ2v) is 4.29. The molecule has 1 rings (SSSR count). The predicted molar refractivity (Wildman–Crippen MR) is 70.2 cm³/mol. The second-order valence-electron chi connectivity index (χ2n) is 3.82. The van der Waals surface area contributed by atoms with E-state index in [0.29, 0.717) is 13.1 Å². The number of hydrogen-bond donors (Lipinski definition) is 2. The first kappa shape index (κ1) is 14.9. The minimum absolute atomic E-state index is 0.0875. The smallest absolute Gasteiger partial charge is 0.131 e. The normalized spacial score (nSPS) is 12.7. The zero-order valence-corrected chi connectivity index (χ0v) is 10.9. The molecule has 0 radical (unpaired) electrons. The van der Waals surface area contributed by atoms with Crippen LogP contribution < -0.4 is 5.73 Å². The molecule has 6 heteroatoms. The third-order valence-corrected chi connectivity index (χ3v) is 2.91. The molecule has 0 heterocycles. The van der Waals surface area contributed by atoms with E-state index in [9.17, 15) is 8.78 Å². The molecule has 3 nitrogen and oxygen atoms in total. The van der Waals surface area contributed by atoms with Gasteiger partial charge < -0.3 is 10.8 Å². The van der Waals surface area contributed by atoms with E-state index in [4.69, 9.17) is 23.1 Å². The molecule has 0 saturated carbocycles. The van der Waals surface area contributed by atoms with Crippen LogP contribution in [0.3, 0.4) is 0 Å². The third-order valence-electron chi connectivity index (χ3n) is 2.69. The Kier molecular flexibility index (Phi) is 5.58. The van der Waals surface area contributed by atoms with E-state index in [2.05, 4.69) is 0 Å². The summed E-state index contributed by atoms with van der Waals surface area (Å²) in [4.78, 5) is 1.83. The Labute approximate surface area is 110 Å². The molecule has 0 amide bonds. The molecule has 0 spiro atoms. The summed E-state index contributed by atoms with van der Waals surface area (Å²) in [6, 6.07) is 2.65. The number of halogens is 2. The molecule has 0 aliphatic carbocycles. The van der Waals surface area contributed by atoms with Gasteiger partial charge in [0.25, 0.3) is 0 Å². The van der Waals surface area contributed by atoms with Crippen molar-refractivity contribution in [2.24, 2.45) is 5.73 Å². The van der Waals surface area contributed by atoms with E-state index in [1.165, 1.54) is 6.07 Å². The van der Waals surface area contributed by atoms with Gasteiger partial charge in [-0.05, 0) is 12.6 Å². The standard InChI is InChI=1S/C12H16F2N2OS/c1-2-16(5-6-17)11(12(15)18)9-4-3-8(13)7-10(9)14/h3-4,7,11,17H,2,5-6H2,1H3,(H2,15,18). The van der Waals surface area contributed by atoms with Crippen molar-refractivity contribution in [2.45, 2.75) is 13.0 Å². The van der Waals surface area contributed by atoms with Crippen molar-refractivity contribution < 1.29 is 13.9 Å². The van der Waals surface area contributed by atoms with Gasteiger partial charge in [-0.1, -0.05) is 25.2 Å². The van der Waals surface area contributed by atoms with E-state index in [-0.39, 0.29) is 17.2 Å². The average molecular weight is 274 g/mol. The molecule has 18 heavy (non-hydrogen) atoms. The topological polar surface area (TPSA) is 49.5 Å². The third kappa shape index (κ3) is 3.44. The summed E-state index contributed by atoms with van der Waals surface area (Å²) in [6.07, 6.45) is 0. The first-order valence-electron chi connectivity index (χ1n) is 5.60. The van der Waals surface area contributed by atoms with E-state index >= 15 is 0 Å². The molecule has 0 bridgehead atoms. The summed E-state index contributed by atoms with van der Waals surface area (Å²) >= 11 is 4.94. The number of aliphatic hydroxyl groups excluding tert-OH is 1. The van der Waals surface area contributed by atoms with Crippen molar-refractivity contribution in [2.75, 3.05) is 19.7 Å². The molecule has 0 aromatic heterocycles. The molecule has 1 aromatic rings. The van der Waals surface area contributed by atoms with Crippen molar-refractivity contribution in [3.8, 4) is 0 Å². The maximum Gasteiger partial charge on any atom is 0.131 e. The lowest BCUT2D eigenvalue weighted by Crippen LogP contribution is -2.39. The number of rotatable bonds is 6. The van der Waals surface area contributed by atoms with Crippen molar-refractivity contribution in [3.63, 3.8) is 0 Å². The molecule has 3 N–H and O–H groups in total. The summed E-state index contributed by atoms with van der Waals surface area (Å²) in [6.45, 7) is 2.62. The SMILES string of the molecule is CCN(CCO)C(C(N)=S)c1ccc(F)cc1F. The molecule has 0 fully saturated rings. The highest BCUT2D eigenvalue weighted by Gasteiger charge is 2.24. The fourth-order valence-corrected chi connectivity index (χ4v) is 2.13. The van der Waals surface area contributed by atoms with Gasteiger partial charge in [-0.25, -0.2) is 8.78 Å². The van der Waals surface area contributed by atoms with Gasteiger partial charge in [-0.2, -0.15) is 0 Å². The summed E-state index contributed by atoms with van der Waals surface area (Å²) in [7, 11) is 0. The van der Waals surface area contributed by atoms with Gasteiger partial charge in [-0.15, -0.1) is 0 Å². The van der Waals surface area contributed by atoms with Crippen LogP contribution >= 0.6 is 12.2 Å². The van der Waals surface area contributed by atoms with Gasteiger partial charge in [-0.3, -0.25) is 4.90 Å². The Morgan fingerprint density at radius 2 is 2.17 bits per heavy atom. The number of nitrogens with zero attached hydrogens (tertiary/aromatic N) is 1. The van der Waals surface area contributed by atoms with Crippen LogP contribution in [0.5, 0.6) is 0 Å². The van der Waals surface area contributed by atoms with Crippen LogP contribution in [0.1, 0.15) is 18.5 Å². The fourth-order valence-electron chi connectivity index (χ4n) is 1.85. The van der Waals surface area contributed by atoms with Gasteiger partial charge in [0.1, 0.15) is 11.6 Å². The van der Waals surface area contributed by atoms with E-state index in [1.807, 2.05) is 6.92 Å². The van der Waals surface area contributed by atoms with Crippen LogP contribution in [-0.4, -0.2) is 34.7 Å². The molecule has 0 aliphatic heterocycles. The van der Waals surface area contributed by atoms with E-state index in [1.54, 1.807) is 4.90 Å². The minimum atomic E-state index is -0.691. The molecular weight excluding hydrogens is 258 g/mol. The Morgan fingerprint density at radius 3 is 2.61 bits per heavy atom. The van der Waals surface area contributed by atoms with Crippen molar-refractivity contribution in [1.82, 2.24) is 4.90 Å². The lowest BCUT2D eigenvalue weighted by Gasteiger charge is -2.29. The maximum atomic E-state index is 13.8. The predicted octanol–water partition coefficient (Wildman–Crippen LogP) is 1.61. The number of hydrogen-bond acceptors (Lipinski definition) is 3. The van der Waals surface area contributed by atoms with Gasteiger partial charge in [0, 0.05) is 18.2 Å². The van der Waals surface area contributed by atoms with E-state index in [0.717, 1.165) is 12.1 Å². The quantitative estimate of drug-likeness (QED) is 0.774. The van der Waals surface area contributed by atoms with E-state index < -0.39 is 17.7 Å². The molecule has 0 saturated heterocycles. The van der Waals surface area contributed by atoms with Crippen LogP contribution in [-0.2, 0) is 0 Å². The van der Waals surface area contributed by atoms with Crippen LogP contribution in [0.25, 0.3) is 0 Å². The van der Waals surface area contributed by atoms with Crippen molar-refractivity contribution in [1.29, 1.82) is 0 Å². The highest BCUT2D eigenvalue weighted by atomic mass is 32.1. The number of benzene rings is 1. The highest BCUT2D eigenvalue weighted by molar-refractivity contribution is 7.80. The highest BCUT2D eigenvalue weighted by Crippen LogP contribution is 2.24. The number of thiocarbonyl (C=S) groups is 1. The van der Waals surface area contributed by atoms with Crippen LogP contribution in [0.4, 0.5) is 8.78 Å². The zero-order valence-electron chi connectivity index (χ0n) is 10.1. The monoisotopic (exact) mass is 274 g/mol. The molecule has 1 aromatic carbocycles. The molecule has 1 atom stereocenters. The average Bonchev–Trinajstić information content (AvgIpc) is 2.30. The zero-order chi connectivity index (χ0) is 13.7. The minimum Gasteiger partial charge on any atom is -0.395 e. The fraction of sp³-hybridized carbons (Fsp3) is 0.417. The second kappa shape index (κ2) is 6.72. The number of aliphatic hydroxyl groups is 1. The Hall–Kier alpha value is -1.11. The number of nitrogens with two attached hydrogens (primary N) is 1. The van der Waals surface area contributed by atoms with Crippen molar-refractivity contribution in [3.05, 3.63) is 35.4 Å². The van der Waals surface area contributed by atoms with Gasteiger partial charge in [0.05, 0.1) is 17.6 Å². The summed E-state index contributed by atoms with van der Waals surface area (Å²) in [5, 5.41) is 8.98. The molecular formula is C12H16F2N2OS. The Morgan fingerprint density at radius 1 is 1.50 bits per heavy atom. The summed E-state index contributed by atoms with van der Waals surface area (Å²) < 4.78 is 26.6. The molecule has 0 aliphatic rings. The summed E-state index contributed by atoms with van der Waals surface area (Å²) in [5.74, 6) is -1.34. The van der Waals surface area contributed by atoms with Crippen LogP contribution in [0.15, 0.2) is 18.2 Å². The molecule has 1 unspecified atom stereocenters. The lowest BCUT2D eigenvalue weighted by molar-refractivity contribution is 0.183. The summed E-state index contributed by atoms with van der Waals surface area (Å²) in [5.41, 5.74) is 5.85.